The minimum atomic E-state index is -1.36. The van der Waals surface area contributed by atoms with Crippen LogP contribution in [0.5, 0.6) is 0 Å². The van der Waals surface area contributed by atoms with Crippen LogP contribution in [0.15, 0.2) is 46.4 Å². The van der Waals surface area contributed by atoms with E-state index in [1.165, 1.54) is 12.1 Å². The summed E-state index contributed by atoms with van der Waals surface area (Å²) in [5, 5.41) is 18.4. The van der Waals surface area contributed by atoms with Crippen LogP contribution in [0.1, 0.15) is 50.0 Å². The lowest BCUT2D eigenvalue weighted by molar-refractivity contribution is -0.142. The van der Waals surface area contributed by atoms with Gasteiger partial charge in [-0.3, -0.25) is 28.9 Å². The number of anilines is 1. The van der Waals surface area contributed by atoms with Gasteiger partial charge in [0.15, 0.2) is 0 Å². The highest BCUT2D eigenvalue weighted by Gasteiger charge is 2.68. The third-order valence-corrected chi connectivity index (χ3v) is 9.71. The molecule has 1 saturated carbocycles. The molecule has 12 heteroatoms. The molecular formula is C30H28ClFN2O8. The molecule has 42 heavy (non-hydrogen) atoms. The van der Waals surface area contributed by atoms with Crippen molar-refractivity contribution >= 4 is 46.9 Å². The summed E-state index contributed by atoms with van der Waals surface area (Å²) >= 11 is 6.00. The number of amides is 4. The fourth-order valence-corrected chi connectivity index (χ4v) is 7.67. The van der Waals surface area contributed by atoms with E-state index in [1.54, 1.807) is 19.1 Å². The van der Waals surface area contributed by atoms with Gasteiger partial charge >= 0.3 is 5.97 Å². The summed E-state index contributed by atoms with van der Waals surface area (Å²) in [6, 6.07) is 6.82. The van der Waals surface area contributed by atoms with E-state index in [-0.39, 0.29) is 61.2 Å². The van der Waals surface area contributed by atoms with E-state index in [4.69, 9.17) is 21.1 Å². The number of aliphatic hydroxyl groups excluding tert-OH is 1. The van der Waals surface area contributed by atoms with Gasteiger partial charge in [-0.05, 0) is 62.4 Å². The summed E-state index contributed by atoms with van der Waals surface area (Å²) in [5.41, 5.74) is -0.528. The van der Waals surface area contributed by atoms with Gasteiger partial charge in [-0.2, -0.15) is 0 Å². The fraction of sp³-hybridized carbons (Fsp3) is 0.433. The Hall–Kier alpha value is -3.83. The molecule has 2 aromatic rings. The normalized spacial score (nSPS) is 30.4. The molecule has 1 aromatic carbocycles. The molecule has 2 aliphatic heterocycles. The Morgan fingerprint density at radius 3 is 2.55 bits per heavy atom. The lowest BCUT2D eigenvalue weighted by Crippen LogP contribution is -2.48. The van der Waals surface area contributed by atoms with E-state index in [2.05, 4.69) is 0 Å². The summed E-state index contributed by atoms with van der Waals surface area (Å²) < 4.78 is 19.9. The summed E-state index contributed by atoms with van der Waals surface area (Å²) in [4.78, 5) is 68.4. The number of carbonyl (C=O) groups excluding carboxylic acids is 4. The number of furan rings is 1. The molecule has 1 aromatic heterocycles. The van der Waals surface area contributed by atoms with Crippen LogP contribution in [-0.2, 0) is 30.6 Å². The number of carboxylic acid groups (broad SMARTS) is 1. The first-order valence-corrected chi connectivity index (χ1v) is 14.2. The van der Waals surface area contributed by atoms with E-state index >= 15 is 0 Å². The van der Waals surface area contributed by atoms with Crippen molar-refractivity contribution < 1.29 is 43.0 Å². The van der Waals surface area contributed by atoms with Crippen LogP contribution in [-0.4, -0.2) is 51.3 Å². The molecule has 6 atom stereocenters. The molecule has 0 radical (unpaired) electrons. The number of benzene rings is 1. The van der Waals surface area contributed by atoms with Crippen LogP contribution in [0.3, 0.4) is 0 Å². The van der Waals surface area contributed by atoms with Gasteiger partial charge in [-0.1, -0.05) is 23.3 Å². The van der Waals surface area contributed by atoms with Crippen molar-refractivity contribution in [3.05, 3.63) is 64.3 Å². The van der Waals surface area contributed by atoms with Gasteiger partial charge < -0.3 is 14.6 Å². The second-order valence-electron chi connectivity index (χ2n) is 11.5. The first-order valence-electron chi connectivity index (χ1n) is 13.8. The predicted molar refractivity (Wildman–Crippen MR) is 144 cm³/mol. The second-order valence-corrected chi connectivity index (χ2v) is 12.0. The van der Waals surface area contributed by atoms with E-state index < -0.39 is 64.5 Å². The van der Waals surface area contributed by atoms with Gasteiger partial charge in [0, 0.05) is 13.0 Å². The van der Waals surface area contributed by atoms with Crippen molar-refractivity contribution in [1.82, 2.24) is 4.90 Å². The maximum Gasteiger partial charge on any atom is 0.303 e. The molecule has 2 aliphatic carbocycles. The zero-order chi connectivity index (χ0) is 30.1. The molecular weight excluding hydrogens is 571 g/mol. The van der Waals surface area contributed by atoms with E-state index in [0.29, 0.717) is 11.3 Å². The minimum absolute atomic E-state index is 0.0157. The van der Waals surface area contributed by atoms with Crippen LogP contribution in [0.2, 0.25) is 5.02 Å². The van der Waals surface area contributed by atoms with Gasteiger partial charge in [-0.25, -0.2) is 9.29 Å². The van der Waals surface area contributed by atoms with Crippen molar-refractivity contribution in [2.24, 2.45) is 29.1 Å². The highest BCUT2D eigenvalue weighted by molar-refractivity contribution is 6.31. The Balaban J connectivity index is 1.43. The Morgan fingerprint density at radius 1 is 1.12 bits per heavy atom. The van der Waals surface area contributed by atoms with Crippen LogP contribution in [0, 0.1) is 34.9 Å². The number of nitrogens with zero attached hydrogens (tertiary/aromatic N) is 2. The summed E-state index contributed by atoms with van der Waals surface area (Å²) in [5.74, 6) is -6.67. The van der Waals surface area contributed by atoms with E-state index in [9.17, 15) is 33.5 Å². The van der Waals surface area contributed by atoms with Gasteiger partial charge in [0.2, 0.25) is 23.6 Å². The van der Waals surface area contributed by atoms with Crippen LogP contribution < -0.4 is 4.90 Å². The van der Waals surface area contributed by atoms with Gasteiger partial charge in [-0.15, -0.1) is 0 Å². The third-order valence-electron chi connectivity index (χ3n) is 9.42. The zero-order valence-electron chi connectivity index (χ0n) is 22.6. The van der Waals surface area contributed by atoms with Crippen molar-refractivity contribution in [2.45, 2.75) is 45.1 Å². The van der Waals surface area contributed by atoms with Crippen LogP contribution in [0.25, 0.3) is 0 Å². The van der Waals surface area contributed by atoms with Gasteiger partial charge in [0.25, 0.3) is 0 Å². The molecule has 3 heterocycles. The van der Waals surface area contributed by atoms with Crippen molar-refractivity contribution in [1.29, 1.82) is 0 Å². The summed E-state index contributed by atoms with van der Waals surface area (Å²) in [7, 11) is 0. The Bertz CT molecular complexity index is 1570. The average Bonchev–Trinajstić information content (AvgIpc) is 3.57. The minimum Gasteiger partial charge on any atom is -0.481 e. The van der Waals surface area contributed by atoms with E-state index in [0.717, 1.165) is 15.9 Å². The van der Waals surface area contributed by atoms with Crippen molar-refractivity contribution in [2.75, 3.05) is 11.4 Å². The lowest BCUT2D eigenvalue weighted by Gasteiger charge is -2.48. The molecule has 0 bridgehead atoms. The molecule has 10 nitrogen and oxygen atoms in total. The van der Waals surface area contributed by atoms with Gasteiger partial charge in [0.05, 0.1) is 39.8 Å². The predicted octanol–water partition coefficient (Wildman–Crippen LogP) is 3.66. The number of aliphatic hydroxyl groups is 1. The number of likely N-dealkylation sites (tertiary alicyclic amines) is 1. The van der Waals surface area contributed by atoms with E-state index in [1.807, 2.05) is 6.08 Å². The highest BCUT2D eigenvalue weighted by Crippen LogP contribution is 2.63. The molecule has 2 saturated heterocycles. The Kier molecular flexibility index (Phi) is 6.85. The third kappa shape index (κ3) is 4.04. The van der Waals surface area contributed by atoms with Crippen molar-refractivity contribution in [3.8, 4) is 0 Å². The fourth-order valence-electron chi connectivity index (χ4n) is 7.50. The zero-order valence-corrected chi connectivity index (χ0v) is 23.3. The number of halogens is 2. The first kappa shape index (κ1) is 28.3. The number of allylic oxidation sites excluding steroid dienone is 2. The molecule has 4 aliphatic rings. The SMILES string of the molecule is CC12C(=O)N(c3ccc(F)c(Cl)c3)C(=O)C1CC1C(=CCC3C(=O)N(CCCC(=O)O)C(=O)C31)C2c1ccc(CO)o1. The average molecular weight is 599 g/mol. The van der Waals surface area contributed by atoms with Gasteiger partial charge in [0.1, 0.15) is 23.9 Å². The molecule has 3 fully saturated rings. The Labute approximate surface area is 244 Å². The number of carbonyl (C=O) groups is 5. The monoisotopic (exact) mass is 598 g/mol. The number of rotatable bonds is 7. The highest BCUT2D eigenvalue weighted by atomic mass is 35.5. The second kappa shape index (κ2) is 10.2. The number of carboxylic acids is 1. The quantitative estimate of drug-likeness (QED) is 0.363. The van der Waals surface area contributed by atoms with Crippen LogP contribution in [0.4, 0.5) is 10.1 Å². The van der Waals surface area contributed by atoms with Crippen LogP contribution >= 0.6 is 11.6 Å². The maximum atomic E-state index is 14.2. The molecule has 6 rings (SSSR count). The smallest absolute Gasteiger partial charge is 0.303 e. The molecule has 6 unspecified atom stereocenters. The number of fused-ring (bicyclic) bond motifs is 4. The largest absolute Gasteiger partial charge is 0.481 e. The topological polar surface area (TPSA) is 145 Å². The molecule has 220 valence electrons. The lowest BCUT2D eigenvalue weighted by atomic mass is 9.52. The maximum absolute atomic E-state index is 14.2. The molecule has 0 spiro atoms. The van der Waals surface area contributed by atoms with Crippen molar-refractivity contribution in [3.63, 3.8) is 0 Å². The summed E-state index contributed by atoms with van der Waals surface area (Å²) in [6.07, 6.45) is 2.15. The molecule has 4 amide bonds. The molecule has 2 N–H and O–H groups in total. The summed E-state index contributed by atoms with van der Waals surface area (Å²) in [6.45, 7) is 1.28. The number of hydrogen-bond donors (Lipinski definition) is 2. The number of aliphatic carboxylic acids is 1. The first-order chi connectivity index (χ1) is 20.0. The Morgan fingerprint density at radius 2 is 1.88 bits per heavy atom. The number of imide groups is 2. The standard InChI is InChI=1S/C30H28ClFN2O8/c1-30-19(27(39)34(29(30)41)14-4-8-21(32)20(31)11-14)12-18-16(25(30)22-9-5-15(13-35)42-22)6-7-17-24(18)28(40)33(26(17)38)10-2-3-23(36)37/h4-6,8-9,11,17-19,24-25,35H,2-3,7,10,12-13H2,1H3,(H,36,37). The number of hydrogen-bond acceptors (Lipinski definition) is 7.